The molecular formula is C14H13ClN2O2. The van der Waals surface area contributed by atoms with Gasteiger partial charge >= 0.3 is 5.97 Å². The Morgan fingerprint density at radius 2 is 2.32 bits per heavy atom. The van der Waals surface area contributed by atoms with Crippen LogP contribution in [-0.4, -0.2) is 20.6 Å². The third kappa shape index (κ3) is 2.85. The standard InChI is InChI=1S/C14H13ClN2O2/c1-2-13-16-8-9-17(13)12-5-3-4-11(15)10(12)6-7-14(18)19/h3-9H,2H2,1H3,(H,18,19)/b7-6+. The zero-order chi connectivity index (χ0) is 13.8. The number of rotatable bonds is 4. The summed E-state index contributed by atoms with van der Waals surface area (Å²) < 4.78 is 1.91. The van der Waals surface area contributed by atoms with Gasteiger partial charge in [-0.2, -0.15) is 0 Å². The molecule has 0 atom stereocenters. The van der Waals surface area contributed by atoms with Crippen molar-refractivity contribution >= 4 is 23.6 Å². The summed E-state index contributed by atoms with van der Waals surface area (Å²) in [7, 11) is 0. The van der Waals surface area contributed by atoms with Crippen molar-refractivity contribution < 1.29 is 9.90 Å². The van der Waals surface area contributed by atoms with Gasteiger partial charge in [-0.15, -0.1) is 0 Å². The Bertz CT molecular complexity index is 632. The molecule has 0 unspecified atom stereocenters. The number of hydrogen-bond donors (Lipinski definition) is 1. The van der Waals surface area contributed by atoms with Gasteiger partial charge < -0.3 is 9.67 Å². The fourth-order valence-corrected chi connectivity index (χ4v) is 2.10. The summed E-state index contributed by atoms with van der Waals surface area (Å²) in [5.41, 5.74) is 1.48. The lowest BCUT2D eigenvalue weighted by atomic mass is 10.1. The SMILES string of the molecule is CCc1nccn1-c1cccc(Cl)c1/C=C/C(=O)O. The molecule has 0 spiro atoms. The molecule has 1 N–H and O–H groups in total. The van der Waals surface area contributed by atoms with Crippen molar-refractivity contribution in [2.45, 2.75) is 13.3 Å². The summed E-state index contributed by atoms with van der Waals surface area (Å²) in [4.78, 5) is 14.9. The number of hydrogen-bond acceptors (Lipinski definition) is 2. The minimum absolute atomic E-state index is 0.505. The second kappa shape index (κ2) is 5.71. The van der Waals surface area contributed by atoms with Crippen molar-refractivity contribution in [1.29, 1.82) is 0 Å². The molecule has 0 radical (unpaired) electrons. The fourth-order valence-electron chi connectivity index (χ4n) is 1.87. The van der Waals surface area contributed by atoms with Crippen LogP contribution in [0.1, 0.15) is 18.3 Å². The van der Waals surface area contributed by atoms with E-state index in [2.05, 4.69) is 4.98 Å². The fraction of sp³-hybridized carbons (Fsp3) is 0.143. The molecule has 0 saturated carbocycles. The van der Waals surface area contributed by atoms with Crippen LogP contribution in [0.2, 0.25) is 5.02 Å². The minimum atomic E-state index is -1.01. The lowest BCUT2D eigenvalue weighted by Crippen LogP contribution is -2.01. The molecule has 0 bridgehead atoms. The summed E-state index contributed by atoms with van der Waals surface area (Å²) in [6, 6.07) is 5.44. The van der Waals surface area contributed by atoms with Crippen LogP contribution in [0, 0.1) is 0 Å². The molecule has 1 aromatic carbocycles. The number of benzene rings is 1. The second-order valence-electron chi connectivity index (χ2n) is 3.91. The van der Waals surface area contributed by atoms with Crippen LogP contribution in [0.25, 0.3) is 11.8 Å². The number of imidazole rings is 1. The third-order valence-electron chi connectivity index (χ3n) is 2.72. The molecule has 2 rings (SSSR count). The topological polar surface area (TPSA) is 55.1 Å². The number of nitrogens with zero attached hydrogens (tertiary/aromatic N) is 2. The van der Waals surface area contributed by atoms with E-state index in [-0.39, 0.29) is 0 Å². The van der Waals surface area contributed by atoms with E-state index in [4.69, 9.17) is 16.7 Å². The second-order valence-corrected chi connectivity index (χ2v) is 4.32. The summed E-state index contributed by atoms with van der Waals surface area (Å²) in [5, 5.41) is 9.24. The maximum Gasteiger partial charge on any atom is 0.328 e. The number of aromatic nitrogens is 2. The number of aryl methyl sites for hydroxylation is 1. The molecule has 19 heavy (non-hydrogen) atoms. The highest BCUT2D eigenvalue weighted by Crippen LogP contribution is 2.25. The van der Waals surface area contributed by atoms with E-state index >= 15 is 0 Å². The quantitative estimate of drug-likeness (QED) is 0.873. The predicted octanol–water partition coefficient (Wildman–Crippen LogP) is 3.19. The number of aliphatic carboxylic acids is 1. The van der Waals surface area contributed by atoms with Gasteiger partial charge in [0, 0.05) is 35.5 Å². The largest absolute Gasteiger partial charge is 0.478 e. The first kappa shape index (κ1) is 13.4. The molecule has 4 nitrogen and oxygen atoms in total. The summed E-state index contributed by atoms with van der Waals surface area (Å²) in [6.45, 7) is 2.01. The van der Waals surface area contributed by atoms with Gasteiger partial charge in [-0.25, -0.2) is 9.78 Å². The van der Waals surface area contributed by atoms with Gasteiger partial charge in [0.15, 0.2) is 0 Å². The average molecular weight is 277 g/mol. The van der Waals surface area contributed by atoms with Crippen LogP contribution in [0.4, 0.5) is 0 Å². The van der Waals surface area contributed by atoms with Crippen molar-refractivity contribution in [2.24, 2.45) is 0 Å². The van der Waals surface area contributed by atoms with E-state index in [0.29, 0.717) is 10.6 Å². The summed E-state index contributed by atoms with van der Waals surface area (Å²) in [6.07, 6.45) is 6.90. The molecule has 98 valence electrons. The maximum atomic E-state index is 10.7. The van der Waals surface area contributed by atoms with Gasteiger partial charge in [0.2, 0.25) is 0 Å². The van der Waals surface area contributed by atoms with Gasteiger partial charge in [0.05, 0.1) is 5.69 Å². The highest BCUT2D eigenvalue weighted by Gasteiger charge is 2.09. The molecule has 1 aromatic heterocycles. The number of halogens is 1. The molecule has 0 aliphatic heterocycles. The first-order chi connectivity index (χ1) is 9.13. The predicted molar refractivity (Wildman–Crippen MR) is 74.6 cm³/mol. The molecule has 1 heterocycles. The smallest absolute Gasteiger partial charge is 0.328 e. The number of carboxylic acids is 1. The van der Waals surface area contributed by atoms with Gasteiger partial charge in [-0.3, -0.25) is 0 Å². The zero-order valence-electron chi connectivity index (χ0n) is 10.4. The number of carbonyl (C=O) groups is 1. The average Bonchev–Trinajstić information content (AvgIpc) is 2.84. The molecule has 5 heteroatoms. The van der Waals surface area contributed by atoms with E-state index in [0.717, 1.165) is 24.0 Å². The van der Waals surface area contributed by atoms with Crippen LogP contribution in [0.3, 0.4) is 0 Å². The van der Waals surface area contributed by atoms with Crippen LogP contribution in [0.5, 0.6) is 0 Å². The van der Waals surface area contributed by atoms with E-state index < -0.39 is 5.97 Å². The van der Waals surface area contributed by atoms with E-state index in [9.17, 15) is 4.79 Å². The Labute approximate surface area is 116 Å². The normalized spacial score (nSPS) is 11.1. The highest BCUT2D eigenvalue weighted by molar-refractivity contribution is 6.32. The monoisotopic (exact) mass is 276 g/mol. The van der Waals surface area contributed by atoms with Crippen molar-refractivity contribution in [3.05, 3.63) is 53.1 Å². The Balaban J connectivity index is 2.57. The summed E-state index contributed by atoms with van der Waals surface area (Å²) >= 11 is 6.15. The van der Waals surface area contributed by atoms with E-state index in [1.54, 1.807) is 12.3 Å². The molecule has 0 aliphatic rings. The molecule has 0 aliphatic carbocycles. The maximum absolute atomic E-state index is 10.7. The Kier molecular flexibility index (Phi) is 4.02. The van der Waals surface area contributed by atoms with Crippen molar-refractivity contribution in [3.63, 3.8) is 0 Å². The van der Waals surface area contributed by atoms with Gasteiger partial charge in [-0.1, -0.05) is 24.6 Å². The molecule has 0 fully saturated rings. The van der Waals surface area contributed by atoms with Gasteiger partial charge in [0.1, 0.15) is 5.82 Å². The Morgan fingerprint density at radius 1 is 1.53 bits per heavy atom. The van der Waals surface area contributed by atoms with Crippen molar-refractivity contribution in [2.75, 3.05) is 0 Å². The highest BCUT2D eigenvalue weighted by atomic mass is 35.5. The lowest BCUT2D eigenvalue weighted by Gasteiger charge is -2.11. The zero-order valence-corrected chi connectivity index (χ0v) is 11.1. The van der Waals surface area contributed by atoms with E-state index in [1.807, 2.05) is 29.8 Å². The number of carboxylic acid groups (broad SMARTS) is 1. The molecular weight excluding hydrogens is 264 g/mol. The molecule has 0 saturated heterocycles. The molecule has 2 aromatic rings. The molecule has 0 amide bonds. The van der Waals surface area contributed by atoms with Crippen LogP contribution >= 0.6 is 11.6 Å². The van der Waals surface area contributed by atoms with E-state index in [1.165, 1.54) is 6.08 Å². The first-order valence-electron chi connectivity index (χ1n) is 5.85. The lowest BCUT2D eigenvalue weighted by molar-refractivity contribution is -0.131. The van der Waals surface area contributed by atoms with Gasteiger partial charge in [0.25, 0.3) is 0 Å². The van der Waals surface area contributed by atoms with Crippen LogP contribution in [0.15, 0.2) is 36.7 Å². The van der Waals surface area contributed by atoms with Crippen LogP contribution < -0.4 is 0 Å². The van der Waals surface area contributed by atoms with Crippen molar-refractivity contribution in [3.8, 4) is 5.69 Å². The summed E-state index contributed by atoms with van der Waals surface area (Å²) in [5.74, 6) is -0.112. The van der Waals surface area contributed by atoms with Crippen LogP contribution in [-0.2, 0) is 11.2 Å². The van der Waals surface area contributed by atoms with Gasteiger partial charge in [-0.05, 0) is 18.2 Å². The van der Waals surface area contributed by atoms with Crippen molar-refractivity contribution in [1.82, 2.24) is 9.55 Å². The minimum Gasteiger partial charge on any atom is -0.478 e. The Morgan fingerprint density at radius 3 is 3.00 bits per heavy atom. The third-order valence-corrected chi connectivity index (χ3v) is 3.05. The Hall–Kier alpha value is -2.07. The first-order valence-corrected chi connectivity index (χ1v) is 6.23.